The average molecular weight is 294 g/mol. The molecule has 1 aromatic rings. The first-order valence-electron chi connectivity index (χ1n) is 7.34. The predicted molar refractivity (Wildman–Crippen MR) is 76.8 cm³/mol. The summed E-state index contributed by atoms with van der Waals surface area (Å²) in [5.41, 5.74) is 0. The van der Waals surface area contributed by atoms with E-state index in [-0.39, 0.29) is 24.5 Å². The Morgan fingerprint density at radius 3 is 2.67 bits per heavy atom. The Hall–Kier alpha value is -1.98. The molecule has 21 heavy (non-hydrogen) atoms. The zero-order chi connectivity index (χ0) is 15.4. The van der Waals surface area contributed by atoms with Gasteiger partial charge in [0.1, 0.15) is 5.76 Å². The summed E-state index contributed by atoms with van der Waals surface area (Å²) in [6, 6.07) is 3.46. The van der Waals surface area contributed by atoms with Crippen LogP contribution in [0.5, 0.6) is 0 Å². The van der Waals surface area contributed by atoms with Crippen molar-refractivity contribution in [1.29, 1.82) is 0 Å². The van der Waals surface area contributed by atoms with E-state index < -0.39 is 5.97 Å². The van der Waals surface area contributed by atoms with Gasteiger partial charge >= 0.3 is 12.0 Å². The van der Waals surface area contributed by atoms with Crippen molar-refractivity contribution in [3.63, 3.8) is 0 Å². The van der Waals surface area contributed by atoms with Crippen LogP contribution >= 0.6 is 0 Å². The van der Waals surface area contributed by atoms with Gasteiger partial charge in [0.25, 0.3) is 0 Å². The fourth-order valence-corrected chi connectivity index (χ4v) is 2.47. The molecule has 116 valence electrons. The number of urea groups is 1. The quantitative estimate of drug-likeness (QED) is 0.838. The number of amides is 2. The molecule has 0 spiro atoms. The molecule has 0 aromatic carbocycles. The van der Waals surface area contributed by atoms with E-state index in [0.29, 0.717) is 13.1 Å². The molecule has 0 bridgehead atoms. The Kier molecular flexibility index (Phi) is 4.88. The van der Waals surface area contributed by atoms with Gasteiger partial charge in [0, 0.05) is 18.6 Å². The topological polar surface area (TPSA) is 74.0 Å². The standard InChI is InChI=1S/C15H22N2O4/c1-3-16(11(2)9-14(18)19)15(20)17(12-6-7-12)10-13-5-4-8-21-13/h4-5,8,11-12H,3,6-7,9-10H2,1-2H3,(H,18,19). The van der Waals surface area contributed by atoms with Crippen molar-refractivity contribution >= 4 is 12.0 Å². The molecule has 1 fully saturated rings. The number of carbonyl (C=O) groups excluding carboxylic acids is 1. The number of carboxylic acids is 1. The normalized spacial score (nSPS) is 15.5. The van der Waals surface area contributed by atoms with Gasteiger partial charge in [0.05, 0.1) is 19.2 Å². The van der Waals surface area contributed by atoms with Crippen LogP contribution in [0.1, 0.15) is 38.9 Å². The maximum atomic E-state index is 12.7. The van der Waals surface area contributed by atoms with Crippen LogP contribution in [0.2, 0.25) is 0 Å². The van der Waals surface area contributed by atoms with Crippen LogP contribution in [-0.4, -0.2) is 45.5 Å². The second kappa shape index (κ2) is 6.65. The van der Waals surface area contributed by atoms with Gasteiger partial charge in [-0.15, -0.1) is 0 Å². The van der Waals surface area contributed by atoms with Crippen LogP contribution < -0.4 is 0 Å². The highest BCUT2D eigenvalue weighted by Crippen LogP contribution is 2.30. The molecule has 2 rings (SSSR count). The van der Waals surface area contributed by atoms with E-state index in [1.54, 1.807) is 29.1 Å². The molecule has 0 radical (unpaired) electrons. The van der Waals surface area contributed by atoms with Crippen molar-refractivity contribution in [3.05, 3.63) is 24.2 Å². The van der Waals surface area contributed by atoms with Crippen LogP contribution in [0.3, 0.4) is 0 Å². The third-order valence-corrected chi connectivity index (χ3v) is 3.73. The van der Waals surface area contributed by atoms with Crippen molar-refractivity contribution in [3.8, 4) is 0 Å². The van der Waals surface area contributed by atoms with Crippen molar-refractivity contribution in [2.45, 2.75) is 51.7 Å². The van der Waals surface area contributed by atoms with Gasteiger partial charge in [-0.25, -0.2) is 4.79 Å². The molecule has 0 saturated heterocycles. The molecule has 2 amide bonds. The second-order valence-electron chi connectivity index (χ2n) is 5.45. The summed E-state index contributed by atoms with van der Waals surface area (Å²) in [6.07, 6.45) is 3.54. The van der Waals surface area contributed by atoms with Gasteiger partial charge < -0.3 is 19.3 Å². The fraction of sp³-hybridized carbons (Fsp3) is 0.600. The minimum Gasteiger partial charge on any atom is -0.481 e. The number of carbonyl (C=O) groups is 2. The smallest absolute Gasteiger partial charge is 0.320 e. The number of hydrogen-bond acceptors (Lipinski definition) is 3. The van der Waals surface area contributed by atoms with Crippen LogP contribution in [0.25, 0.3) is 0 Å². The Labute approximate surface area is 124 Å². The number of carboxylic acid groups (broad SMARTS) is 1. The van der Waals surface area contributed by atoms with Gasteiger partial charge in [-0.2, -0.15) is 0 Å². The number of aliphatic carboxylic acids is 1. The van der Waals surface area contributed by atoms with E-state index in [1.807, 2.05) is 13.0 Å². The lowest BCUT2D eigenvalue weighted by molar-refractivity contribution is -0.138. The summed E-state index contributed by atoms with van der Waals surface area (Å²) >= 11 is 0. The highest BCUT2D eigenvalue weighted by Gasteiger charge is 2.36. The minimum absolute atomic E-state index is 0.0428. The van der Waals surface area contributed by atoms with E-state index in [4.69, 9.17) is 9.52 Å². The third kappa shape index (κ3) is 4.00. The Bertz CT molecular complexity index is 482. The molecule has 1 unspecified atom stereocenters. The van der Waals surface area contributed by atoms with E-state index in [0.717, 1.165) is 18.6 Å². The molecule has 1 aliphatic carbocycles. The van der Waals surface area contributed by atoms with Gasteiger partial charge in [-0.1, -0.05) is 0 Å². The van der Waals surface area contributed by atoms with Gasteiger partial charge in [0.2, 0.25) is 0 Å². The zero-order valence-electron chi connectivity index (χ0n) is 12.5. The van der Waals surface area contributed by atoms with Gasteiger partial charge in [-0.3, -0.25) is 4.79 Å². The van der Waals surface area contributed by atoms with E-state index in [2.05, 4.69) is 0 Å². The number of furan rings is 1. The lowest BCUT2D eigenvalue weighted by atomic mass is 10.2. The number of nitrogens with zero attached hydrogens (tertiary/aromatic N) is 2. The summed E-state index contributed by atoms with van der Waals surface area (Å²) < 4.78 is 5.32. The van der Waals surface area contributed by atoms with Crippen molar-refractivity contribution in [1.82, 2.24) is 9.80 Å². The average Bonchev–Trinajstić information content (AvgIpc) is 3.12. The van der Waals surface area contributed by atoms with Crippen LogP contribution in [0.15, 0.2) is 22.8 Å². The van der Waals surface area contributed by atoms with Crippen molar-refractivity contribution in [2.75, 3.05) is 6.54 Å². The lowest BCUT2D eigenvalue weighted by Gasteiger charge is -2.33. The first kappa shape index (κ1) is 15.4. The molecular weight excluding hydrogens is 272 g/mol. The molecule has 6 nitrogen and oxygen atoms in total. The number of hydrogen-bond donors (Lipinski definition) is 1. The van der Waals surface area contributed by atoms with E-state index >= 15 is 0 Å². The summed E-state index contributed by atoms with van der Waals surface area (Å²) in [5, 5.41) is 8.91. The fourth-order valence-electron chi connectivity index (χ4n) is 2.47. The lowest BCUT2D eigenvalue weighted by Crippen LogP contribution is -2.48. The molecule has 1 heterocycles. The van der Waals surface area contributed by atoms with E-state index in [1.165, 1.54) is 0 Å². The molecule has 1 saturated carbocycles. The Morgan fingerprint density at radius 1 is 1.48 bits per heavy atom. The van der Waals surface area contributed by atoms with Gasteiger partial charge in [0.15, 0.2) is 0 Å². The highest BCUT2D eigenvalue weighted by atomic mass is 16.4. The van der Waals surface area contributed by atoms with Crippen molar-refractivity contribution in [2.24, 2.45) is 0 Å². The first-order chi connectivity index (χ1) is 10.0. The SMILES string of the molecule is CCN(C(=O)N(Cc1ccco1)C1CC1)C(C)CC(=O)O. The van der Waals surface area contributed by atoms with Crippen LogP contribution in [0.4, 0.5) is 4.79 Å². The summed E-state index contributed by atoms with van der Waals surface area (Å²) in [4.78, 5) is 27.0. The second-order valence-corrected chi connectivity index (χ2v) is 5.45. The highest BCUT2D eigenvalue weighted by molar-refractivity contribution is 5.76. The van der Waals surface area contributed by atoms with Crippen LogP contribution in [0, 0.1) is 0 Å². The molecule has 0 aliphatic heterocycles. The summed E-state index contributed by atoms with van der Waals surface area (Å²) in [7, 11) is 0. The maximum absolute atomic E-state index is 12.7. The molecule has 6 heteroatoms. The third-order valence-electron chi connectivity index (χ3n) is 3.73. The summed E-state index contributed by atoms with van der Waals surface area (Å²) in [6.45, 7) is 4.57. The Morgan fingerprint density at radius 2 is 2.19 bits per heavy atom. The largest absolute Gasteiger partial charge is 0.481 e. The maximum Gasteiger partial charge on any atom is 0.320 e. The summed E-state index contributed by atoms with van der Waals surface area (Å²) in [5.74, 6) is -0.144. The zero-order valence-corrected chi connectivity index (χ0v) is 12.5. The molecule has 1 aliphatic rings. The number of rotatable bonds is 7. The molecular formula is C15H22N2O4. The van der Waals surface area contributed by atoms with Gasteiger partial charge in [-0.05, 0) is 38.8 Å². The Balaban J connectivity index is 2.07. The van der Waals surface area contributed by atoms with Crippen LogP contribution in [-0.2, 0) is 11.3 Å². The van der Waals surface area contributed by atoms with Crippen molar-refractivity contribution < 1.29 is 19.1 Å². The molecule has 1 atom stereocenters. The molecule has 1 N–H and O–H groups in total. The predicted octanol–water partition coefficient (Wildman–Crippen LogP) is 2.55. The molecule has 1 aromatic heterocycles. The monoisotopic (exact) mass is 294 g/mol. The minimum atomic E-state index is -0.891. The van der Waals surface area contributed by atoms with E-state index in [9.17, 15) is 9.59 Å². The first-order valence-corrected chi connectivity index (χ1v) is 7.34.